The predicted molar refractivity (Wildman–Crippen MR) is 79.7 cm³/mol. The van der Waals surface area contributed by atoms with Gasteiger partial charge < -0.3 is 0 Å². The Morgan fingerprint density at radius 3 is 2.28 bits per heavy atom. The van der Waals surface area contributed by atoms with Crippen LogP contribution in [0.3, 0.4) is 0 Å². The molecule has 0 radical (unpaired) electrons. The van der Waals surface area contributed by atoms with Crippen LogP contribution >= 0.6 is 15.9 Å². The number of rotatable bonds is 2. The number of nitrogens with zero attached hydrogens (tertiary/aromatic N) is 1. The van der Waals surface area contributed by atoms with E-state index in [-0.39, 0.29) is 0 Å². The van der Waals surface area contributed by atoms with E-state index in [0.717, 1.165) is 6.04 Å². The predicted octanol–water partition coefficient (Wildman–Crippen LogP) is 4.92. The Kier molecular flexibility index (Phi) is 4.05. The maximum Gasteiger partial charge on any atom is 0.0351 e. The number of hydrogen-bond donors (Lipinski definition) is 0. The second-order valence-corrected chi connectivity index (χ2v) is 6.65. The van der Waals surface area contributed by atoms with Crippen molar-refractivity contribution in [2.45, 2.75) is 57.0 Å². The number of hydrogen-bond acceptors (Lipinski definition) is 1. The van der Waals surface area contributed by atoms with E-state index < -0.39 is 0 Å². The van der Waals surface area contributed by atoms with Crippen molar-refractivity contribution in [1.82, 2.24) is 4.90 Å². The molecule has 1 aromatic carbocycles. The summed E-state index contributed by atoms with van der Waals surface area (Å²) in [6, 6.07) is 10.5. The number of halogens is 1. The summed E-state index contributed by atoms with van der Waals surface area (Å²) in [7, 11) is 0. The Bertz CT molecular complexity index is 381. The lowest BCUT2D eigenvalue weighted by molar-refractivity contribution is 0.0969. The lowest BCUT2D eigenvalue weighted by atomic mass is 9.93. The molecule has 1 aliphatic carbocycles. The van der Waals surface area contributed by atoms with E-state index >= 15 is 0 Å². The van der Waals surface area contributed by atoms with E-state index in [4.69, 9.17) is 0 Å². The molecule has 1 saturated carbocycles. The number of likely N-dealkylation sites (tertiary alicyclic amines) is 1. The summed E-state index contributed by atoms with van der Waals surface area (Å²) < 4.78 is 1.19. The minimum atomic E-state index is 0.676. The van der Waals surface area contributed by atoms with Gasteiger partial charge in [0.1, 0.15) is 0 Å². The van der Waals surface area contributed by atoms with Crippen LogP contribution < -0.4 is 0 Å². The minimum absolute atomic E-state index is 0.676. The van der Waals surface area contributed by atoms with E-state index in [1.165, 1.54) is 61.5 Å². The lowest BCUT2D eigenvalue weighted by Crippen LogP contribution is -2.40. The second-order valence-electron chi connectivity index (χ2n) is 5.74. The summed E-state index contributed by atoms with van der Waals surface area (Å²) in [5.74, 6) is 0. The normalized spacial score (nSPS) is 26.6. The molecule has 1 atom stereocenters. The van der Waals surface area contributed by atoms with Crippen molar-refractivity contribution in [3.05, 3.63) is 34.3 Å². The average Bonchev–Trinajstić information content (AvgIpc) is 2.93. The van der Waals surface area contributed by atoms with Gasteiger partial charge in [0.05, 0.1) is 0 Å². The topological polar surface area (TPSA) is 3.24 Å². The Balaban J connectivity index is 1.80. The molecule has 0 aromatic heterocycles. The molecule has 3 rings (SSSR count). The largest absolute Gasteiger partial charge is 0.293 e. The Morgan fingerprint density at radius 2 is 1.56 bits per heavy atom. The zero-order chi connectivity index (χ0) is 12.4. The molecule has 1 saturated heterocycles. The fraction of sp³-hybridized carbons (Fsp3) is 0.625. The molecule has 1 heterocycles. The maximum absolute atomic E-state index is 3.54. The van der Waals surface area contributed by atoms with E-state index in [9.17, 15) is 0 Å². The van der Waals surface area contributed by atoms with Gasteiger partial charge in [0, 0.05) is 16.6 Å². The molecule has 0 amide bonds. The lowest BCUT2D eigenvalue weighted by Gasteiger charge is -2.40. The molecule has 0 N–H and O–H groups in total. The van der Waals surface area contributed by atoms with Crippen LogP contribution in [0.1, 0.15) is 56.6 Å². The third kappa shape index (κ3) is 2.65. The summed E-state index contributed by atoms with van der Waals surface area (Å²) in [6.07, 6.45) is 9.86. The first-order valence-corrected chi connectivity index (χ1v) is 8.15. The first-order chi connectivity index (χ1) is 8.84. The first kappa shape index (κ1) is 12.7. The van der Waals surface area contributed by atoms with Gasteiger partial charge in [0.2, 0.25) is 0 Å². The van der Waals surface area contributed by atoms with Gasteiger partial charge >= 0.3 is 0 Å². The van der Waals surface area contributed by atoms with Gasteiger partial charge in [-0.1, -0.05) is 47.3 Å². The summed E-state index contributed by atoms with van der Waals surface area (Å²) in [5.41, 5.74) is 1.52. The van der Waals surface area contributed by atoms with E-state index in [0.29, 0.717) is 6.04 Å². The van der Waals surface area contributed by atoms with Gasteiger partial charge in [-0.2, -0.15) is 0 Å². The third-order valence-corrected chi connectivity index (χ3v) is 5.12. The van der Waals surface area contributed by atoms with Crippen molar-refractivity contribution in [3.8, 4) is 0 Å². The van der Waals surface area contributed by atoms with Gasteiger partial charge in [0.15, 0.2) is 0 Å². The third-order valence-electron chi connectivity index (χ3n) is 4.59. The fourth-order valence-corrected chi connectivity index (χ4v) is 3.93. The summed E-state index contributed by atoms with van der Waals surface area (Å²) in [5, 5.41) is 0. The molecule has 98 valence electrons. The van der Waals surface area contributed by atoms with Crippen LogP contribution in [0.4, 0.5) is 0 Å². The molecular weight excluding hydrogens is 286 g/mol. The molecule has 2 aliphatic rings. The Morgan fingerprint density at radius 1 is 0.889 bits per heavy atom. The zero-order valence-electron chi connectivity index (χ0n) is 10.9. The molecule has 18 heavy (non-hydrogen) atoms. The average molecular weight is 308 g/mol. The molecule has 0 bridgehead atoms. The standard InChI is InChI=1S/C16H22BrN/c17-14-10-8-13(9-11-14)16-7-3-4-12-18(16)15-5-1-2-6-15/h8-11,15-16H,1-7,12H2. The van der Waals surface area contributed by atoms with Gasteiger partial charge in [-0.05, 0) is 49.9 Å². The van der Waals surface area contributed by atoms with Gasteiger partial charge in [-0.3, -0.25) is 4.90 Å². The molecular formula is C16H22BrN. The van der Waals surface area contributed by atoms with E-state index in [1.54, 1.807) is 0 Å². The van der Waals surface area contributed by atoms with Crippen molar-refractivity contribution < 1.29 is 0 Å². The summed E-state index contributed by atoms with van der Waals surface area (Å²) in [4.78, 5) is 2.81. The molecule has 2 heteroatoms. The van der Waals surface area contributed by atoms with Crippen molar-refractivity contribution in [1.29, 1.82) is 0 Å². The molecule has 1 unspecified atom stereocenters. The molecule has 1 aromatic rings. The zero-order valence-corrected chi connectivity index (χ0v) is 12.5. The SMILES string of the molecule is Brc1ccc(C2CCCCN2C2CCCC2)cc1. The molecule has 2 fully saturated rings. The smallest absolute Gasteiger partial charge is 0.0351 e. The van der Waals surface area contributed by atoms with Crippen LogP contribution in [0.25, 0.3) is 0 Å². The van der Waals surface area contributed by atoms with Crippen LogP contribution in [-0.2, 0) is 0 Å². The number of piperidine rings is 1. The van der Waals surface area contributed by atoms with Crippen LogP contribution in [-0.4, -0.2) is 17.5 Å². The van der Waals surface area contributed by atoms with Crippen molar-refractivity contribution >= 4 is 15.9 Å². The van der Waals surface area contributed by atoms with Crippen LogP contribution in [0.15, 0.2) is 28.7 Å². The molecule has 0 spiro atoms. The number of benzene rings is 1. The van der Waals surface area contributed by atoms with Crippen molar-refractivity contribution in [2.24, 2.45) is 0 Å². The summed E-state index contributed by atoms with van der Waals surface area (Å²) in [6.45, 7) is 1.31. The van der Waals surface area contributed by atoms with Crippen LogP contribution in [0.5, 0.6) is 0 Å². The van der Waals surface area contributed by atoms with Gasteiger partial charge in [0.25, 0.3) is 0 Å². The molecule has 1 aliphatic heterocycles. The second kappa shape index (κ2) is 5.75. The highest BCUT2D eigenvalue weighted by atomic mass is 79.9. The van der Waals surface area contributed by atoms with E-state index in [1.807, 2.05) is 0 Å². The fourth-order valence-electron chi connectivity index (χ4n) is 3.67. The minimum Gasteiger partial charge on any atom is -0.293 e. The quantitative estimate of drug-likeness (QED) is 0.749. The monoisotopic (exact) mass is 307 g/mol. The Labute approximate surface area is 119 Å². The molecule has 1 nitrogen and oxygen atoms in total. The van der Waals surface area contributed by atoms with Crippen LogP contribution in [0.2, 0.25) is 0 Å². The van der Waals surface area contributed by atoms with Crippen molar-refractivity contribution in [2.75, 3.05) is 6.54 Å². The van der Waals surface area contributed by atoms with Crippen LogP contribution in [0, 0.1) is 0 Å². The summed E-state index contributed by atoms with van der Waals surface area (Å²) >= 11 is 3.54. The van der Waals surface area contributed by atoms with Gasteiger partial charge in [-0.25, -0.2) is 0 Å². The highest BCUT2D eigenvalue weighted by Gasteiger charge is 2.31. The highest BCUT2D eigenvalue weighted by molar-refractivity contribution is 9.10. The van der Waals surface area contributed by atoms with E-state index in [2.05, 4.69) is 45.1 Å². The first-order valence-electron chi connectivity index (χ1n) is 7.36. The van der Waals surface area contributed by atoms with Crippen molar-refractivity contribution in [3.63, 3.8) is 0 Å². The van der Waals surface area contributed by atoms with Gasteiger partial charge in [-0.15, -0.1) is 0 Å². The highest BCUT2D eigenvalue weighted by Crippen LogP contribution is 2.37. The Hall–Kier alpha value is -0.340. The maximum atomic E-state index is 3.54.